The van der Waals surface area contributed by atoms with Gasteiger partial charge in [0.15, 0.2) is 0 Å². The van der Waals surface area contributed by atoms with Gasteiger partial charge in [-0.1, -0.05) is 19.1 Å². The van der Waals surface area contributed by atoms with Crippen LogP contribution < -0.4 is 5.32 Å². The van der Waals surface area contributed by atoms with Gasteiger partial charge in [0.1, 0.15) is 0 Å². The fraction of sp³-hybridized carbons (Fsp3) is 0.462. The molecule has 3 heteroatoms. The van der Waals surface area contributed by atoms with Crippen LogP contribution in [-0.2, 0) is 6.42 Å². The predicted octanol–water partition coefficient (Wildman–Crippen LogP) is 2.88. The highest BCUT2D eigenvalue weighted by Crippen LogP contribution is 2.13. The van der Waals surface area contributed by atoms with Crippen molar-refractivity contribution in [2.24, 2.45) is 0 Å². The van der Waals surface area contributed by atoms with Crippen molar-refractivity contribution in [1.29, 1.82) is 0 Å². The summed E-state index contributed by atoms with van der Waals surface area (Å²) in [5, 5.41) is 2.92. The molecular formula is C13H18N2O. The van der Waals surface area contributed by atoms with Gasteiger partial charge < -0.3 is 10.2 Å². The highest BCUT2D eigenvalue weighted by Gasteiger charge is 2.17. The Hall–Kier alpha value is -1.51. The number of nitrogens with one attached hydrogen (secondary N) is 1. The summed E-state index contributed by atoms with van der Waals surface area (Å²) in [6, 6.07) is 8.07. The van der Waals surface area contributed by atoms with Crippen LogP contribution in [0.5, 0.6) is 0 Å². The second-order valence-corrected chi connectivity index (χ2v) is 4.17. The van der Waals surface area contributed by atoms with Gasteiger partial charge in [0.25, 0.3) is 0 Å². The summed E-state index contributed by atoms with van der Waals surface area (Å²) >= 11 is 0. The van der Waals surface area contributed by atoms with Gasteiger partial charge >= 0.3 is 6.03 Å². The molecule has 2 amide bonds. The van der Waals surface area contributed by atoms with Crippen LogP contribution >= 0.6 is 0 Å². The molecule has 0 bridgehead atoms. The van der Waals surface area contributed by atoms with Crippen molar-refractivity contribution in [2.45, 2.75) is 26.2 Å². The average Bonchev–Trinajstić information content (AvgIpc) is 2.83. The quantitative estimate of drug-likeness (QED) is 0.813. The Morgan fingerprint density at radius 2 is 1.88 bits per heavy atom. The number of urea groups is 1. The molecular weight excluding hydrogens is 200 g/mol. The molecule has 1 aliphatic rings. The molecule has 0 atom stereocenters. The normalized spacial score (nSPS) is 15.2. The Balaban J connectivity index is 1.94. The number of hydrogen-bond donors (Lipinski definition) is 1. The number of nitrogens with zero attached hydrogens (tertiary/aromatic N) is 1. The lowest BCUT2D eigenvalue weighted by molar-refractivity contribution is 0.222. The molecule has 0 aromatic heterocycles. The van der Waals surface area contributed by atoms with Crippen LogP contribution in [0.15, 0.2) is 24.3 Å². The number of aryl methyl sites for hydroxylation is 1. The van der Waals surface area contributed by atoms with Gasteiger partial charge in [0, 0.05) is 18.8 Å². The van der Waals surface area contributed by atoms with Crippen molar-refractivity contribution >= 4 is 11.7 Å². The van der Waals surface area contributed by atoms with Crippen molar-refractivity contribution in [2.75, 3.05) is 18.4 Å². The molecule has 1 aliphatic heterocycles. The molecule has 86 valence electrons. The summed E-state index contributed by atoms with van der Waals surface area (Å²) in [6.45, 7) is 3.90. The van der Waals surface area contributed by atoms with Crippen LogP contribution in [-0.4, -0.2) is 24.0 Å². The molecule has 3 nitrogen and oxygen atoms in total. The summed E-state index contributed by atoms with van der Waals surface area (Å²) in [6.07, 6.45) is 3.28. The lowest BCUT2D eigenvalue weighted by Crippen LogP contribution is -2.32. The zero-order chi connectivity index (χ0) is 11.4. The number of anilines is 1. The zero-order valence-electron chi connectivity index (χ0n) is 9.70. The summed E-state index contributed by atoms with van der Waals surface area (Å²) in [7, 11) is 0. The molecule has 1 saturated heterocycles. The first-order valence-corrected chi connectivity index (χ1v) is 5.94. The molecule has 16 heavy (non-hydrogen) atoms. The molecule has 1 aromatic carbocycles. The Bertz CT molecular complexity index is 353. The minimum atomic E-state index is 0.0294. The Morgan fingerprint density at radius 1 is 1.25 bits per heavy atom. The van der Waals surface area contributed by atoms with Crippen molar-refractivity contribution in [3.63, 3.8) is 0 Å². The molecule has 1 N–H and O–H groups in total. The van der Waals surface area contributed by atoms with Crippen molar-refractivity contribution in [3.8, 4) is 0 Å². The van der Waals surface area contributed by atoms with Crippen molar-refractivity contribution in [3.05, 3.63) is 29.8 Å². The third-order valence-corrected chi connectivity index (χ3v) is 3.01. The van der Waals surface area contributed by atoms with Gasteiger partial charge in [-0.15, -0.1) is 0 Å². The summed E-state index contributed by atoms with van der Waals surface area (Å²) in [5.41, 5.74) is 2.17. The largest absolute Gasteiger partial charge is 0.325 e. The van der Waals surface area contributed by atoms with Crippen LogP contribution in [0.3, 0.4) is 0 Å². The van der Waals surface area contributed by atoms with E-state index in [-0.39, 0.29) is 6.03 Å². The fourth-order valence-electron chi connectivity index (χ4n) is 1.95. The van der Waals surface area contributed by atoms with E-state index in [1.165, 1.54) is 5.56 Å². The van der Waals surface area contributed by atoms with Crippen LogP contribution in [0.25, 0.3) is 0 Å². The molecule has 0 spiro atoms. The molecule has 0 unspecified atom stereocenters. The van der Waals surface area contributed by atoms with Gasteiger partial charge in [-0.05, 0) is 37.0 Å². The van der Waals surface area contributed by atoms with E-state index in [2.05, 4.69) is 24.4 Å². The minimum Gasteiger partial charge on any atom is -0.325 e. The van der Waals surface area contributed by atoms with Crippen LogP contribution in [0, 0.1) is 0 Å². The smallest absolute Gasteiger partial charge is 0.321 e. The maximum Gasteiger partial charge on any atom is 0.321 e. The highest BCUT2D eigenvalue weighted by atomic mass is 16.2. The Labute approximate surface area is 96.5 Å². The average molecular weight is 218 g/mol. The number of amides is 2. The first-order chi connectivity index (χ1) is 7.79. The van der Waals surface area contributed by atoms with E-state index >= 15 is 0 Å². The van der Waals surface area contributed by atoms with Crippen LogP contribution in [0.1, 0.15) is 25.3 Å². The second kappa shape index (κ2) is 5.01. The number of likely N-dealkylation sites (tertiary alicyclic amines) is 1. The summed E-state index contributed by atoms with van der Waals surface area (Å²) in [4.78, 5) is 13.7. The Kier molecular flexibility index (Phi) is 3.44. The Morgan fingerprint density at radius 3 is 2.44 bits per heavy atom. The summed E-state index contributed by atoms with van der Waals surface area (Å²) < 4.78 is 0. The first-order valence-electron chi connectivity index (χ1n) is 5.94. The molecule has 1 aromatic rings. The number of hydrogen-bond acceptors (Lipinski definition) is 1. The second-order valence-electron chi connectivity index (χ2n) is 4.17. The molecule has 0 radical (unpaired) electrons. The van der Waals surface area contributed by atoms with Crippen LogP contribution in [0.4, 0.5) is 10.5 Å². The van der Waals surface area contributed by atoms with Gasteiger partial charge in [-0.2, -0.15) is 0 Å². The summed E-state index contributed by atoms with van der Waals surface area (Å²) in [5.74, 6) is 0. The van der Waals surface area contributed by atoms with E-state index in [0.717, 1.165) is 38.0 Å². The number of carbonyl (C=O) groups is 1. The van der Waals surface area contributed by atoms with Crippen LogP contribution in [0.2, 0.25) is 0 Å². The zero-order valence-corrected chi connectivity index (χ0v) is 9.70. The van der Waals surface area contributed by atoms with Gasteiger partial charge in [0.05, 0.1) is 0 Å². The van der Waals surface area contributed by atoms with E-state index in [1.807, 2.05) is 17.0 Å². The number of rotatable bonds is 2. The van der Waals surface area contributed by atoms with Gasteiger partial charge in [-0.25, -0.2) is 4.79 Å². The molecule has 1 heterocycles. The lowest BCUT2D eigenvalue weighted by Gasteiger charge is -2.16. The van der Waals surface area contributed by atoms with E-state index in [1.54, 1.807) is 0 Å². The maximum atomic E-state index is 11.8. The minimum absolute atomic E-state index is 0.0294. The highest BCUT2D eigenvalue weighted by molar-refractivity contribution is 5.89. The predicted molar refractivity (Wildman–Crippen MR) is 65.6 cm³/mol. The van der Waals surface area contributed by atoms with E-state index in [9.17, 15) is 4.79 Å². The lowest BCUT2D eigenvalue weighted by atomic mass is 10.1. The van der Waals surface area contributed by atoms with Crippen molar-refractivity contribution < 1.29 is 4.79 Å². The first kappa shape index (κ1) is 11.0. The molecule has 1 fully saturated rings. The van der Waals surface area contributed by atoms with Gasteiger partial charge in [0.2, 0.25) is 0 Å². The van der Waals surface area contributed by atoms with Gasteiger partial charge in [-0.3, -0.25) is 0 Å². The third-order valence-electron chi connectivity index (χ3n) is 3.01. The SMILES string of the molecule is CCc1ccc(NC(=O)N2CCCC2)cc1. The maximum absolute atomic E-state index is 11.8. The molecule has 2 rings (SSSR count). The third kappa shape index (κ3) is 2.54. The standard InChI is InChI=1S/C13H18N2O/c1-2-11-5-7-12(8-6-11)14-13(16)15-9-3-4-10-15/h5-8H,2-4,9-10H2,1H3,(H,14,16). The van der Waals surface area contributed by atoms with E-state index in [4.69, 9.17) is 0 Å². The number of carbonyl (C=O) groups excluding carboxylic acids is 1. The van der Waals surface area contributed by atoms with E-state index < -0.39 is 0 Å². The van der Waals surface area contributed by atoms with Crippen molar-refractivity contribution in [1.82, 2.24) is 4.90 Å². The molecule has 0 saturated carbocycles. The fourth-order valence-corrected chi connectivity index (χ4v) is 1.95. The number of benzene rings is 1. The monoisotopic (exact) mass is 218 g/mol. The topological polar surface area (TPSA) is 32.3 Å². The van der Waals surface area contributed by atoms with E-state index in [0.29, 0.717) is 0 Å². The molecule has 0 aliphatic carbocycles.